The lowest BCUT2D eigenvalue weighted by atomic mass is 10.2. The Morgan fingerprint density at radius 2 is 1.83 bits per heavy atom. The number of para-hydroxylation sites is 1. The molecule has 0 aliphatic heterocycles. The molecule has 1 aromatic heterocycles. The van der Waals surface area contributed by atoms with Crippen molar-refractivity contribution in [2.45, 2.75) is 18.6 Å². The summed E-state index contributed by atoms with van der Waals surface area (Å²) in [4.78, 5) is 24.1. The molecule has 0 spiro atoms. The number of thioether (sulfide) groups is 1. The Bertz CT molecular complexity index is 1040. The number of hydrogen-bond donors (Lipinski definition) is 2. The molecular formula is C20H20FN5O3S. The Morgan fingerprint density at radius 1 is 1.10 bits per heavy atom. The minimum atomic E-state index is -0.538. The van der Waals surface area contributed by atoms with E-state index in [1.807, 2.05) is 35.8 Å². The summed E-state index contributed by atoms with van der Waals surface area (Å²) in [6.45, 7) is 2.56. The summed E-state index contributed by atoms with van der Waals surface area (Å²) in [7, 11) is 1.59. The average molecular weight is 429 g/mol. The van der Waals surface area contributed by atoms with Crippen molar-refractivity contribution >= 4 is 23.6 Å². The number of aromatic nitrogens is 3. The Kier molecular flexibility index (Phi) is 7.02. The van der Waals surface area contributed by atoms with Gasteiger partial charge in [0.25, 0.3) is 5.91 Å². The highest BCUT2D eigenvalue weighted by atomic mass is 32.2. The summed E-state index contributed by atoms with van der Waals surface area (Å²) in [5.74, 6) is -0.0591. The average Bonchev–Trinajstić information content (AvgIpc) is 3.19. The first-order chi connectivity index (χ1) is 14.5. The molecule has 0 saturated carbocycles. The molecule has 0 bridgehead atoms. The van der Waals surface area contributed by atoms with Crippen LogP contribution >= 0.6 is 11.8 Å². The van der Waals surface area contributed by atoms with Crippen molar-refractivity contribution in [1.29, 1.82) is 0 Å². The molecule has 156 valence electrons. The van der Waals surface area contributed by atoms with Gasteiger partial charge in [-0.15, -0.1) is 10.2 Å². The summed E-state index contributed by atoms with van der Waals surface area (Å²) < 4.78 is 20.2. The first-order valence-corrected chi connectivity index (χ1v) is 10.1. The van der Waals surface area contributed by atoms with Crippen LogP contribution in [0.15, 0.2) is 53.7 Å². The predicted molar refractivity (Wildman–Crippen MR) is 110 cm³/mol. The van der Waals surface area contributed by atoms with Gasteiger partial charge < -0.3 is 9.30 Å². The zero-order valence-corrected chi connectivity index (χ0v) is 17.2. The van der Waals surface area contributed by atoms with Crippen molar-refractivity contribution in [3.8, 4) is 17.1 Å². The molecule has 0 aliphatic carbocycles. The molecular weight excluding hydrogens is 409 g/mol. The van der Waals surface area contributed by atoms with Gasteiger partial charge >= 0.3 is 0 Å². The van der Waals surface area contributed by atoms with Crippen LogP contribution < -0.4 is 15.6 Å². The van der Waals surface area contributed by atoms with E-state index in [0.29, 0.717) is 23.3 Å². The highest BCUT2D eigenvalue weighted by Crippen LogP contribution is 2.30. The van der Waals surface area contributed by atoms with Crippen LogP contribution in [0.1, 0.15) is 17.3 Å². The minimum Gasteiger partial charge on any atom is -0.496 e. The second-order valence-corrected chi connectivity index (χ2v) is 6.99. The van der Waals surface area contributed by atoms with Gasteiger partial charge in [0, 0.05) is 12.1 Å². The van der Waals surface area contributed by atoms with Crippen LogP contribution in [-0.4, -0.2) is 39.4 Å². The molecule has 2 aromatic carbocycles. The summed E-state index contributed by atoms with van der Waals surface area (Å²) >= 11 is 1.19. The zero-order chi connectivity index (χ0) is 21.5. The van der Waals surface area contributed by atoms with E-state index < -0.39 is 17.6 Å². The number of nitrogens with zero attached hydrogens (tertiary/aromatic N) is 3. The van der Waals surface area contributed by atoms with E-state index in [0.717, 1.165) is 5.56 Å². The molecule has 10 heteroatoms. The van der Waals surface area contributed by atoms with Crippen LogP contribution in [0.2, 0.25) is 0 Å². The molecule has 1 heterocycles. The van der Waals surface area contributed by atoms with Gasteiger partial charge in [-0.2, -0.15) is 0 Å². The van der Waals surface area contributed by atoms with Crippen molar-refractivity contribution in [2.24, 2.45) is 0 Å². The third kappa shape index (κ3) is 4.95. The van der Waals surface area contributed by atoms with Crippen molar-refractivity contribution < 1.29 is 18.7 Å². The molecule has 0 radical (unpaired) electrons. The second kappa shape index (κ2) is 9.88. The third-order valence-electron chi connectivity index (χ3n) is 4.14. The lowest BCUT2D eigenvalue weighted by Gasteiger charge is -2.10. The fourth-order valence-corrected chi connectivity index (χ4v) is 3.48. The summed E-state index contributed by atoms with van der Waals surface area (Å²) in [5.41, 5.74) is 5.66. The molecule has 30 heavy (non-hydrogen) atoms. The third-order valence-corrected chi connectivity index (χ3v) is 5.10. The van der Waals surface area contributed by atoms with Crippen molar-refractivity contribution in [3.63, 3.8) is 0 Å². The maximum Gasteiger partial charge on any atom is 0.269 e. The number of rotatable bonds is 7. The number of methoxy groups -OCH3 is 1. The quantitative estimate of drug-likeness (QED) is 0.443. The molecule has 0 saturated heterocycles. The first kappa shape index (κ1) is 21.3. The number of amides is 2. The van der Waals surface area contributed by atoms with Crippen LogP contribution in [0, 0.1) is 5.82 Å². The van der Waals surface area contributed by atoms with Gasteiger partial charge in [-0.3, -0.25) is 20.4 Å². The normalized spacial score (nSPS) is 10.5. The Morgan fingerprint density at radius 3 is 2.53 bits per heavy atom. The number of carbonyl (C=O) groups is 2. The van der Waals surface area contributed by atoms with E-state index in [1.165, 1.54) is 36.0 Å². The molecule has 8 nitrogen and oxygen atoms in total. The van der Waals surface area contributed by atoms with Crippen molar-refractivity contribution in [3.05, 3.63) is 59.9 Å². The largest absolute Gasteiger partial charge is 0.496 e. The molecule has 2 amide bonds. The van der Waals surface area contributed by atoms with Gasteiger partial charge in [0.15, 0.2) is 11.0 Å². The molecule has 0 fully saturated rings. The molecule has 3 rings (SSSR count). The number of ether oxygens (including phenoxy) is 1. The number of benzene rings is 2. The lowest BCUT2D eigenvalue weighted by Crippen LogP contribution is -2.42. The van der Waals surface area contributed by atoms with Crippen molar-refractivity contribution in [1.82, 2.24) is 25.6 Å². The minimum absolute atomic E-state index is 0.0216. The Balaban J connectivity index is 1.60. The van der Waals surface area contributed by atoms with E-state index in [1.54, 1.807) is 7.11 Å². The molecule has 0 aliphatic rings. The standard InChI is InChI=1S/C20H20FN5O3S/c1-3-26-18(15-6-4-5-7-16(15)29-2)23-25-20(26)30-12-17(27)22-24-19(28)13-8-10-14(21)11-9-13/h4-11H,3,12H2,1-2H3,(H,22,27)(H,24,28). The fourth-order valence-electron chi connectivity index (χ4n) is 2.68. The first-order valence-electron chi connectivity index (χ1n) is 9.07. The van der Waals surface area contributed by atoms with Crippen LogP contribution in [0.5, 0.6) is 5.75 Å². The maximum atomic E-state index is 12.9. The molecule has 0 atom stereocenters. The number of carbonyl (C=O) groups excluding carboxylic acids is 2. The Hall–Kier alpha value is -3.40. The van der Waals surface area contributed by atoms with E-state index >= 15 is 0 Å². The van der Waals surface area contributed by atoms with Crippen LogP contribution in [0.3, 0.4) is 0 Å². The lowest BCUT2D eigenvalue weighted by molar-refractivity contribution is -0.119. The van der Waals surface area contributed by atoms with Gasteiger partial charge in [0.05, 0.1) is 18.4 Å². The van der Waals surface area contributed by atoms with Crippen LogP contribution in [0.25, 0.3) is 11.4 Å². The van der Waals surface area contributed by atoms with E-state index in [2.05, 4.69) is 21.0 Å². The maximum absolute atomic E-state index is 12.9. The van der Waals surface area contributed by atoms with Crippen LogP contribution in [-0.2, 0) is 11.3 Å². The molecule has 2 N–H and O–H groups in total. The highest BCUT2D eigenvalue weighted by molar-refractivity contribution is 7.99. The highest BCUT2D eigenvalue weighted by Gasteiger charge is 2.17. The van der Waals surface area contributed by atoms with E-state index in [-0.39, 0.29) is 11.3 Å². The summed E-state index contributed by atoms with van der Waals surface area (Å²) in [6.07, 6.45) is 0. The van der Waals surface area contributed by atoms with Gasteiger partial charge in [-0.25, -0.2) is 4.39 Å². The monoisotopic (exact) mass is 429 g/mol. The molecule has 3 aromatic rings. The smallest absolute Gasteiger partial charge is 0.269 e. The number of nitrogens with one attached hydrogen (secondary N) is 2. The SMILES string of the molecule is CCn1c(SCC(=O)NNC(=O)c2ccc(F)cc2)nnc1-c1ccccc1OC. The number of halogens is 1. The van der Waals surface area contributed by atoms with E-state index in [9.17, 15) is 14.0 Å². The van der Waals surface area contributed by atoms with Crippen LogP contribution in [0.4, 0.5) is 4.39 Å². The van der Waals surface area contributed by atoms with E-state index in [4.69, 9.17) is 4.74 Å². The van der Waals surface area contributed by atoms with Gasteiger partial charge in [0.1, 0.15) is 11.6 Å². The predicted octanol–water partition coefficient (Wildman–Crippen LogP) is 2.67. The van der Waals surface area contributed by atoms with Gasteiger partial charge in [-0.05, 0) is 43.3 Å². The second-order valence-electron chi connectivity index (χ2n) is 6.05. The fraction of sp³-hybridized carbons (Fsp3) is 0.200. The van der Waals surface area contributed by atoms with Gasteiger partial charge in [0.2, 0.25) is 5.91 Å². The summed E-state index contributed by atoms with van der Waals surface area (Å²) in [6, 6.07) is 12.5. The van der Waals surface area contributed by atoms with Gasteiger partial charge in [-0.1, -0.05) is 23.9 Å². The zero-order valence-electron chi connectivity index (χ0n) is 16.4. The number of hydrazine groups is 1. The Labute approximate surface area is 176 Å². The number of hydrogen-bond acceptors (Lipinski definition) is 6. The van der Waals surface area contributed by atoms with Crippen molar-refractivity contribution in [2.75, 3.05) is 12.9 Å². The topological polar surface area (TPSA) is 98.1 Å². The summed E-state index contributed by atoms with van der Waals surface area (Å²) in [5, 5.41) is 8.99. The molecule has 0 unspecified atom stereocenters.